The molecule has 6 unspecified atom stereocenters. The van der Waals surface area contributed by atoms with Gasteiger partial charge in [-0.2, -0.15) is 0 Å². The summed E-state index contributed by atoms with van der Waals surface area (Å²) in [6.07, 6.45) is 58.9. The van der Waals surface area contributed by atoms with Crippen LogP contribution in [0.5, 0.6) is 0 Å². The quantitative estimate of drug-likeness (QED) is 0.0228. The zero-order valence-corrected chi connectivity index (χ0v) is 51.8. The number of unbranched alkanes of at least 4 members (excludes halogenated alkanes) is 33. The Kier molecular flexibility index (Phi) is 53.0. The molecule has 0 amide bonds. The first kappa shape index (κ1) is 75.4. The Morgan fingerprint density at radius 2 is 0.778 bits per heavy atom. The number of hydrogen-bond acceptors (Lipinski definition) is 11. The van der Waals surface area contributed by atoms with Crippen molar-refractivity contribution in [3.63, 3.8) is 0 Å². The van der Waals surface area contributed by atoms with Crippen molar-refractivity contribution in [1.82, 2.24) is 0 Å². The van der Waals surface area contributed by atoms with Gasteiger partial charge in [-0.05, 0) is 83.5 Å². The smallest absolute Gasteiger partial charge is 0.335 e. The minimum atomic E-state index is -1.90. The van der Waals surface area contributed by atoms with E-state index in [2.05, 4.69) is 81.5 Å². The fourth-order valence-electron chi connectivity index (χ4n) is 10.0. The minimum absolute atomic E-state index is 0.0620. The highest BCUT2D eigenvalue weighted by Gasteiger charge is 2.50. The number of carboxylic acid groups (broad SMARTS) is 1. The molecule has 0 spiro atoms. The number of esters is 3. The molecular formula is C69H120O12. The maximum absolute atomic E-state index is 13.2. The van der Waals surface area contributed by atoms with E-state index in [0.717, 1.165) is 122 Å². The van der Waals surface area contributed by atoms with Crippen molar-refractivity contribution in [3.8, 4) is 0 Å². The summed E-state index contributed by atoms with van der Waals surface area (Å²) in [7, 11) is 0. The van der Waals surface area contributed by atoms with E-state index in [9.17, 15) is 34.5 Å². The molecule has 0 saturated carbocycles. The summed E-state index contributed by atoms with van der Waals surface area (Å²) in [5, 5.41) is 31.6. The van der Waals surface area contributed by atoms with Crippen molar-refractivity contribution in [2.75, 3.05) is 13.2 Å². The van der Waals surface area contributed by atoms with Gasteiger partial charge in [0.15, 0.2) is 24.6 Å². The SMILES string of the molecule is CC/C=C\C/C=C\C/C=C\C/C=C\CCCCCCCCC(=O)OCC(COC1OC(C(=O)O)C(O)C(O)C1OC(=O)CCCCCCCCCCCCCCCCC)OC(=O)CCCCCCCCC/C=C\CCCCCCCC. The van der Waals surface area contributed by atoms with Crippen molar-refractivity contribution >= 4 is 23.9 Å². The van der Waals surface area contributed by atoms with Gasteiger partial charge in [-0.25, -0.2) is 4.79 Å². The van der Waals surface area contributed by atoms with Crippen LogP contribution in [0.3, 0.4) is 0 Å². The first-order chi connectivity index (χ1) is 39.6. The molecule has 1 saturated heterocycles. The Balaban J connectivity index is 2.66. The predicted molar refractivity (Wildman–Crippen MR) is 331 cm³/mol. The van der Waals surface area contributed by atoms with Crippen molar-refractivity contribution in [2.45, 2.75) is 340 Å². The third-order valence-electron chi connectivity index (χ3n) is 15.1. The standard InChI is InChI=1S/C69H120O12/c1-4-7-10-13-16-19-22-25-28-30-31-33-35-37-40-43-46-49-52-55-61(70)77-58-60(79-62(71)56-53-50-47-44-41-39-36-32-29-26-23-20-17-14-11-8-5-2)59-78-69-67(65(74)64(73)66(81-69)68(75)76)80-63(72)57-54-51-48-45-42-38-34-27-24-21-18-15-12-9-6-3/h7,10,16,19,25-26,28-29,31,33,60,64-67,69,73-74H,4-6,8-9,11-15,17-18,20-24,27,30,32,34-59H2,1-3H3,(H,75,76)/b10-7-,19-16-,28-25-,29-26-,33-31-. The molecule has 81 heavy (non-hydrogen) atoms. The fourth-order valence-corrected chi connectivity index (χ4v) is 10.0. The second-order valence-electron chi connectivity index (χ2n) is 22.7. The van der Waals surface area contributed by atoms with Gasteiger partial charge in [0.05, 0.1) is 6.61 Å². The lowest BCUT2D eigenvalue weighted by atomic mass is 9.98. The number of rotatable bonds is 57. The Hall–Kier alpha value is -3.58. The molecule has 0 radical (unpaired) electrons. The average Bonchev–Trinajstić information content (AvgIpc) is 3.53. The number of aliphatic hydroxyl groups excluding tert-OH is 2. The number of hydrogen-bond donors (Lipinski definition) is 3. The van der Waals surface area contributed by atoms with Crippen molar-refractivity contribution in [2.24, 2.45) is 0 Å². The average molecular weight is 1140 g/mol. The number of carbonyl (C=O) groups excluding carboxylic acids is 3. The maximum atomic E-state index is 13.2. The van der Waals surface area contributed by atoms with Crippen LogP contribution in [0.1, 0.15) is 303 Å². The lowest BCUT2D eigenvalue weighted by Gasteiger charge is -2.40. The molecule has 468 valence electrons. The van der Waals surface area contributed by atoms with Gasteiger partial charge in [0, 0.05) is 19.3 Å². The van der Waals surface area contributed by atoms with Gasteiger partial charge in [-0.15, -0.1) is 0 Å². The molecule has 1 fully saturated rings. The van der Waals surface area contributed by atoms with Crippen LogP contribution < -0.4 is 0 Å². The van der Waals surface area contributed by atoms with E-state index >= 15 is 0 Å². The van der Waals surface area contributed by atoms with E-state index in [4.69, 9.17) is 23.7 Å². The Bertz CT molecular complexity index is 1640. The summed E-state index contributed by atoms with van der Waals surface area (Å²) in [5.41, 5.74) is 0. The van der Waals surface area contributed by atoms with E-state index in [1.807, 2.05) is 0 Å². The van der Waals surface area contributed by atoms with E-state index in [0.29, 0.717) is 19.3 Å². The molecule has 0 aromatic heterocycles. The zero-order valence-electron chi connectivity index (χ0n) is 51.8. The molecule has 12 heteroatoms. The van der Waals surface area contributed by atoms with E-state index in [1.165, 1.54) is 122 Å². The molecule has 0 aromatic rings. The van der Waals surface area contributed by atoms with Crippen LogP contribution in [0.4, 0.5) is 0 Å². The first-order valence-electron chi connectivity index (χ1n) is 33.3. The second-order valence-corrected chi connectivity index (χ2v) is 22.7. The Labute approximate surface area is 494 Å². The minimum Gasteiger partial charge on any atom is -0.479 e. The van der Waals surface area contributed by atoms with Gasteiger partial charge >= 0.3 is 23.9 Å². The largest absolute Gasteiger partial charge is 0.479 e. The molecule has 1 aliphatic heterocycles. The summed E-state index contributed by atoms with van der Waals surface area (Å²) in [6.45, 7) is 5.90. The second kappa shape index (κ2) is 56.9. The molecule has 12 nitrogen and oxygen atoms in total. The van der Waals surface area contributed by atoms with Crippen molar-refractivity contribution in [1.29, 1.82) is 0 Å². The van der Waals surface area contributed by atoms with E-state index in [1.54, 1.807) is 0 Å². The van der Waals surface area contributed by atoms with Crippen molar-refractivity contribution < 1.29 is 58.2 Å². The molecule has 1 rings (SSSR count). The Morgan fingerprint density at radius 3 is 1.20 bits per heavy atom. The van der Waals surface area contributed by atoms with E-state index < -0.39 is 67.3 Å². The van der Waals surface area contributed by atoms with Gasteiger partial charge in [-0.3, -0.25) is 14.4 Å². The normalized spacial score (nSPS) is 18.1. The highest BCUT2D eigenvalue weighted by atomic mass is 16.7. The number of carbonyl (C=O) groups is 4. The van der Waals surface area contributed by atoms with Gasteiger partial charge in [0.25, 0.3) is 0 Å². The summed E-state index contributed by atoms with van der Waals surface area (Å²) in [4.78, 5) is 51.4. The highest BCUT2D eigenvalue weighted by molar-refractivity contribution is 5.74. The monoisotopic (exact) mass is 1140 g/mol. The lowest BCUT2D eigenvalue weighted by Crippen LogP contribution is -2.61. The number of aliphatic hydroxyl groups is 2. The summed E-state index contributed by atoms with van der Waals surface area (Å²) in [6, 6.07) is 0. The number of ether oxygens (including phenoxy) is 5. The maximum Gasteiger partial charge on any atom is 0.335 e. The molecule has 0 aromatic carbocycles. The third-order valence-corrected chi connectivity index (χ3v) is 15.1. The van der Waals surface area contributed by atoms with Crippen molar-refractivity contribution in [3.05, 3.63) is 60.8 Å². The first-order valence-corrected chi connectivity index (χ1v) is 33.3. The number of aliphatic carboxylic acids is 1. The van der Waals surface area contributed by atoms with Crippen LogP contribution >= 0.6 is 0 Å². The van der Waals surface area contributed by atoms with Crippen LogP contribution in [-0.4, -0.2) is 89.2 Å². The van der Waals surface area contributed by atoms with Crippen LogP contribution in [0.2, 0.25) is 0 Å². The molecule has 1 heterocycles. The summed E-state index contributed by atoms with van der Waals surface area (Å²) in [5.74, 6) is -3.12. The fraction of sp³-hybridized carbons (Fsp3) is 0.797. The highest BCUT2D eigenvalue weighted by Crippen LogP contribution is 2.27. The zero-order chi connectivity index (χ0) is 58.9. The number of allylic oxidation sites excluding steroid dienone is 10. The molecule has 3 N–H and O–H groups in total. The molecular weight excluding hydrogens is 1020 g/mol. The van der Waals surface area contributed by atoms with Gasteiger partial charge in [-0.1, -0.05) is 261 Å². The van der Waals surface area contributed by atoms with E-state index in [-0.39, 0.29) is 25.9 Å². The third kappa shape index (κ3) is 46.5. The molecule has 1 aliphatic rings. The summed E-state index contributed by atoms with van der Waals surface area (Å²) < 4.78 is 28.6. The molecule has 6 atom stereocenters. The van der Waals surface area contributed by atoms with Gasteiger partial charge < -0.3 is 39.0 Å². The Morgan fingerprint density at radius 1 is 0.420 bits per heavy atom. The van der Waals surface area contributed by atoms with Crippen LogP contribution in [0.25, 0.3) is 0 Å². The predicted octanol–water partition coefficient (Wildman–Crippen LogP) is 17.9. The molecule has 0 aliphatic carbocycles. The van der Waals surface area contributed by atoms with Gasteiger partial charge in [0.2, 0.25) is 0 Å². The molecule has 0 bridgehead atoms. The number of carboxylic acids is 1. The van der Waals surface area contributed by atoms with Crippen LogP contribution in [0.15, 0.2) is 60.8 Å². The topological polar surface area (TPSA) is 175 Å². The summed E-state index contributed by atoms with van der Waals surface area (Å²) >= 11 is 0. The van der Waals surface area contributed by atoms with Gasteiger partial charge in [0.1, 0.15) is 18.8 Å². The van der Waals surface area contributed by atoms with Crippen LogP contribution in [0, 0.1) is 0 Å². The van der Waals surface area contributed by atoms with Crippen LogP contribution in [-0.2, 0) is 42.9 Å². The lowest BCUT2D eigenvalue weighted by molar-refractivity contribution is -0.301.